The van der Waals surface area contributed by atoms with Gasteiger partial charge in [0, 0.05) is 10.6 Å². The van der Waals surface area contributed by atoms with Crippen LogP contribution in [0, 0.1) is 11.5 Å². The first-order valence-electron chi connectivity index (χ1n) is 7.32. The molecule has 0 fully saturated rings. The van der Waals surface area contributed by atoms with Crippen molar-refractivity contribution in [3.8, 4) is 11.5 Å². The third kappa shape index (κ3) is 3.88. The van der Waals surface area contributed by atoms with E-state index >= 15 is 0 Å². The predicted octanol–water partition coefficient (Wildman–Crippen LogP) is 3.98. The van der Waals surface area contributed by atoms with E-state index in [1.165, 1.54) is 0 Å². The summed E-state index contributed by atoms with van der Waals surface area (Å²) in [7, 11) is -4.40. The quantitative estimate of drug-likeness (QED) is 0.472. The second-order valence-corrected chi connectivity index (χ2v) is 12.7. The molecule has 0 N–H and O–H groups in total. The molecule has 1 nitrogen and oxygen atoms in total. The van der Waals surface area contributed by atoms with E-state index in [-0.39, 0.29) is 0 Å². The molecular weight excluding hydrogens is 303 g/mol. The third-order valence-corrected chi connectivity index (χ3v) is 8.28. The van der Waals surface area contributed by atoms with Crippen molar-refractivity contribution < 1.29 is 4.57 Å². The molecule has 0 aromatic heterocycles. The third-order valence-electron chi connectivity index (χ3n) is 3.57. The van der Waals surface area contributed by atoms with E-state index in [0.717, 1.165) is 10.6 Å². The second kappa shape index (κ2) is 6.96. The highest BCUT2D eigenvalue weighted by molar-refractivity contribution is 7.78. The fourth-order valence-corrected chi connectivity index (χ4v) is 5.17. The lowest BCUT2D eigenvalue weighted by atomic mass is 10.4. The number of benzene rings is 2. The maximum absolute atomic E-state index is 13.7. The maximum Gasteiger partial charge on any atom is 0.155 e. The number of hydrogen-bond donors (Lipinski definition) is 0. The summed E-state index contributed by atoms with van der Waals surface area (Å²) in [4.78, 5) is 0. The van der Waals surface area contributed by atoms with Crippen molar-refractivity contribution in [2.45, 2.75) is 13.1 Å². The molecule has 0 radical (unpaired) electrons. The molecule has 0 saturated carbocycles. The highest BCUT2D eigenvalue weighted by atomic mass is 31.2. The van der Waals surface area contributed by atoms with Gasteiger partial charge in [-0.25, -0.2) is 0 Å². The minimum absolute atomic E-state index is 0.380. The Balaban J connectivity index is 2.44. The van der Waals surface area contributed by atoms with Crippen molar-refractivity contribution in [2.75, 3.05) is 6.16 Å². The summed E-state index contributed by atoms with van der Waals surface area (Å²) < 4.78 is 13.7. The van der Waals surface area contributed by atoms with Crippen molar-refractivity contribution in [1.82, 2.24) is 0 Å². The molecule has 0 aliphatic rings. The van der Waals surface area contributed by atoms with Gasteiger partial charge < -0.3 is 4.57 Å². The van der Waals surface area contributed by atoms with Gasteiger partial charge >= 0.3 is 0 Å². The average molecular weight is 324 g/mol. The van der Waals surface area contributed by atoms with E-state index in [0.29, 0.717) is 6.16 Å². The zero-order valence-corrected chi connectivity index (χ0v) is 15.0. The molecular formula is C19H21OPSi. The first-order valence-corrected chi connectivity index (χ1v) is 12.3. The molecule has 3 heteroatoms. The zero-order chi connectivity index (χ0) is 16.1. The Morgan fingerprint density at radius 1 is 1.00 bits per heavy atom. The van der Waals surface area contributed by atoms with Crippen LogP contribution >= 0.6 is 7.14 Å². The summed E-state index contributed by atoms with van der Waals surface area (Å²) in [6.07, 6.45) is 0.380. The van der Waals surface area contributed by atoms with Gasteiger partial charge in [-0.1, -0.05) is 79.5 Å². The van der Waals surface area contributed by atoms with Gasteiger partial charge in [-0.05, 0) is 0 Å². The smallest absolute Gasteiger partial charge is 0.155 e. The van der Waals surface area contributed by atoms with Gasteiger partial charge in [0.1, 0.15) is 0 Å². The van der Waals surface area contributed by atoms with Crippen molar-refractivity contribution in [3.63, 3.8) is 0 Å². The van der Waals surface area contributed by atoms with E-state index in [2.05, 4.69) is 31.1 Å². The molecule has 0 atom stereocenters. The Hall–Kier alpha value is -1.81. The summed E-state index contributed by atoms with van der Waals surface area (Å²) >= 11 is 0. The van der Waals surface area contributed by atoms with Crippen LogP contribution in [0.5, 0.6) is 0 Å². The van der Waals surface area contributed by atoms with Crippen molar-refractivity contribution in [3.05, 3.63) is 72.9 Å². The molecule has 0 saturated heterocycles. The van der Waals surface area contributed by atoms with Crippen molar-refractivity contribution in [2.24, 2.45) is 0 Å². The minimum Gasteiger partial charge on any atom is -0.313 e. The predicted molar refractivity (Wildman–Crippen MR) is 100 cm³/mol. The summed E-state index contributed by atoms with van der Waals surface area (Å²) in [6.45, 7) is 8.14. The Morgan fingerprint density at radius 2 is 1.45 bits per heavy atom. The van der Waals surface area contributed by atoms with E-state index in [4.69, 9.17) is 0 Å². The largest absolute Gasteiger partial charge is 0.313 e. The molecule has 0 heterocycles. The van der Waals surface area contributed by atoms with E-state index in [1.54, 1.807) is 0 Å². The van der Waals surface area contributed by atoms with Crippen molar-refractivity contribution in [1.29, 1.82) is 0 Å². The lowest BCUT2D eigenvalue weighted by molar-refractivity contribution is 0.589. The maximum atomic E-state index is 13.7. The molecule has 2 aromatic carbocycles. The summed E-state index contributed by atoms with van der Waals surface area (Å²) in [5.74, 6) is 3.19. The monoisotopic (exact) mass is 324 g/mol. The van der Waals surface area contributed by atoms with Crippen LogP contribution in [0.1, 0.15) is 0 Å². The molecule has 0 unspecified atom stereocenters. The van der Waals surface area contributed by atoms with Gasteiger partial charge in [-0.3, -0.25) is 0 Å². The first kappa shape index (κ1) is 16.6. The van der Waals surface area contributed by atoms with Crippen molar-refractivity contribution >= 4 is 25.8 Å². The first-order chi connectivity index (χ1) is 10.5. The molecule has 0 aliphatic heterocycles. The number of hydrogen-bond acceptors (Lipinski definition) is 1. The fourth-order valence-electron chi connectivity index (χ4n) is 2.10. The average Bonchev–Trinajstić information content (AvgIpc) is 2.56. The fraction of sp³-hybridized carbons (Fsp3) is 0.158. The van der Waals surface area contributed by atoms with E-state index in [1.807, 2.05) is 66.4 Å². The Labute approximate surface area is 134 Å². The zero-order valence-electron chi connectivity index (χ0n) is 13.1. The van der Waals surface area contributed by atoms with Gasteiger partial charge in [0.15, 0.2) is 15.2 Å². The Bertz CT molecular complexity index is 696. The van der Waals surface area contributed by atoms with Gasteiger partial charge in [-0.15, -0.1) is 18.0 Å². The van der Waals surface area contributed by atoms with Crippen LogP contribution in [0.4, 0.5) is 0 Å². The van der Waals surface area contributed by atoms with Crippen LogP contribution in [0.25, 0.3) is 0 Å². The second-order valence-electron chi connectivity index (χ2n) is 5.80. The number of rotatable bonds is 4. The highest BCUT2D eigenvalue weighted by Crippen LogP contribution is 2.42. The van der Waals surface area contributed by atoms with Crippen LogP contribution in [0.2, 0.25) is 13.1 Å². The van der Waals surface area contributed by atoms with Crippen LogP contribution in [0.15, 0.2) is 72.9 Å². The SMILES string of the molecule is C=C[Si](C)(C)C#CCP(=O)(c1ccccc1)c1ccccc1. The molecule has 112 valence electrons. The standard InChI is InChI=1S/C19H21OPSi/c1-4-22(2,3)17-11-16-21(20,18-12-7-5-8-13-18)19-14-9-6-10-15-19/h4-10,12-15H,1,16H2,2-3H3. The minimum atomic E-state index is -2.71. The lowest BCUT2D eigenvalue weighted by Crippen LogP contribution is -2.21. The normalized spacial score (nSPS) is 11.4. The molecule has 0 amide bonds. The van der Waals surface area contributed by atoms with Gasteiger partial charge in [0.25, 0.3) is 0 Å². The van der Waals surface area contributed by atoms with Crippen LogP contribution in [0.3, 0.4) is 0 Å². The van der Waals surface area contributed by atoms with E-state index < -0.39 is 15.2 Å². The molecule has 2 rings (SSSR count). The highest BCUT2D eigenvalue weighted by Gasteiger charge is 2.26. The lowest BCUT2D eigenvalue weighted by Gasteiger charge is -2.17. The molecule has 2 aromatic rings. The summed E-state index contributed by atoms with van der Waals surface area (Å²) in [5.41, 5.74) is 5.26. The summed E-state index contributed by atoms with van der Waals surface area (Å²) in [5, 5.41) is 1.74. The van der Waals surface area contributed by atoms with E-state index in [9.17, 15) is 4.57 Å². The Morgan fingerprint density at radius 3 is 1.86 bits per heavy atom. The molecule has 0 aliphatic carbocycles. The summed E-state index contributed by atoms with van der Waals surface area (Å²) in [6, 6.07) is 19.4. The topological polar surface area (TPSA) is 17.1 Å². The molecule has 0 spiro atoms. The van der Waals surface area contributed by atoms with Gasteiger partial charge in [0.2, 0.25) is 0 Å². The van der Waals surface area contributed by atoms with Crippen LogP contribution in [-0.4, -0.2) is 14.2 Å². The van der Waals surface area contributed by atoms with Crippen LogP contribution in [-0.2, 0) is 4.57 Å². The van der Waals surface area contributed by atoms with Crippen LogP contribution < -0.4 is 10.6 Å². The van der Waals surface area contributed by atoms with Gasteiger partial charge in [-0.2, -0.15) is 0 Å². The molecule has 22 heavy (non-hydrogen) atoms. The Kier molecular flexibility index (Phi) is 5.24. The van der Waals surface area contributed by atoms with Gasteiger partial charge in [0.05, 0.1) is 6.16 Å². The molecule has 0 bridgehead atoms.